The highest BCUT2D eigenvalue weighted by Gasteiger charge is 2.04. The van der Waals surface area contributed by atoms with Crippen LogP contribution in [-0.4, -0.2) is 39.4 Å². The number of benzene rings is 1. The van der Waals surface area contributed by atoms with Gasteiger partial charge in [-0.3, -0.25) is 4.79 Å². The molecule has 0 saturated carbocycles. The molecule has 0 bridgehead atoms. The SMILES string of the molecule is COCCOCCCNC(=O)c1cccc(I)c1. The Labute approximate surface area is 121 Å². The lowest BCUT2D eigenvalue weighted by molar-refractivity contribution is 0.0688. The Balaban J connectivity index is 2.14. The van der Waals surface area contributed by atoms with Crippen LogP contribution in [0, 0.1) is 3.57 Å². The average molecular weight is 363 g/mol. The highest BCUT2D eigenvalue weighted by molar-refractivity contribution is 14.1. The summed E-state index contributed by atoms with van der Waals surface area (Å²) in [4.78, 5) is 11.8. The molecule has 0 aliphatic heterocycles. The minimum absolute atomic E-state index is 0.0367. The van der Waals surface area contributed by atoms with Gasteiger partial charge in [-0.1, -0.05) is 6.07 Å². The van der Waals surface area contributed by atoms with Gasteiger partial charge in [0.15, 0.2) is 0 Å². The molecule has 0 saturated heterocycles. The maximum absolute atomic E-state index is 11.8. The number of carbonyl (C=O) groups is 1. The van der Waals surface area contributed by atoms with Crippen molar-refractivity contribution in [2.24, 2.45) is 0 Å². The van der Waals surface area contributed by atoms with Crippen molar-refractivity contribution in [3.8, 4) is 0 Å². The normalized spacial score (nSPS) is 10.3. The third-order valence-corrected chi connectivity index (χ3v) is 2.94. The Bertz CT molecular complexity index is 371. The van der Waals surface area contributed by atoms with Gasteiger partial charge < -0.3 is 14.8 Å². The number of hydrogen-bond donors (Lipinski definition) is 1. The van der Waals surface area contributed by atoms with E-state index in [1.54, 1.807) is 7.11 Å². The van der Waals surface area contributed by atoms with Crippen molar-refractivity contribution < 1.29 is 14.3 Å². The van der Waals surface area contributed by atoms with Gasteiger partial charge in [0.05, 0.1) is 13.2 Å². The Hall–Kier alpha value is -0.660. The molecule has 4 nitrogen and oxygen atoms in total. The minimum Gasteiger partial charge on any atom is -0.382 e. The van der Waals surface area contributed by atoms with Crippen LogP contribution >= 0.6 is 22.6 Å². The lowest BCUT2D eigenvalue weighted by Crippen LogP contribution is -2.25. The summed E-state index contributed by atoms with van der Waals surface area (Å²) in [6.07, 6.45) is 0.805. The lowest BCUT2D eigenvalue weighted by Gasteiger charge is -2.06. The molecule has 0 aliphatic carbocycles. The highest BCUT2D eigenvalue weighted by atomic mass is 127. The number of amides is 1. The first-order valence-corrected chi connectivity index (χ1v) is 6.92. The summed E-state index contributed by atoms with van der Waals surface area (Å²) in [6.45, 7) is 2.46. The van der Waals surface area contributed by atoms with Gasteiger partial charge in [0.1, 0.15) is 0 Å². The maximum Gasteiger partial charge on any atom is 0.251 e. The van der Waals surface area contributed by atoms with Gasteiger partial charge >= 0.3 is 0 Å². The van der Waals surface area contributed by atoms with Crippen molar-refractivity contribution in [3.63, 3.8) is 0 Å². The van der Waals surface area contributed by atoms with Crippen LogP contribution in [0.2, 0.25) is 0 Å². The van der Waals surface area contributed by atoms with Crippen molar-refractivity contribution in [1.82, 2.24) is 5.32 Å². The molecule has 0 aliphatic rings. The predicted molar refractivity (Wildman–Crippen MR) is 78.8 cm³/mol. The molecule has 100 valence electrons. The third-order valence-electron chi connectivity index (χ3n) is 2.27. The van der Waals surface area contributed by atoms with Crippen LogP contribution in [0.5, 0.6) is 0 Å². The molecule has 1 rings (SSSR count). The smallest absolute Gasteiger partial charge is 0.251 e. The summed E-state index contributed by atoms with van der Waals surface area (Å²) in [7, 11) is 1.64. The number of ether oxygens (including phenoxy) is 2. The van der Waals surface area contributed by atoms with Crippen LogP contribution in [0.4, 0.5) is 0 Å². The molecule has 1 N–H and O–H groups in total. The van der Waals surface area contributed by atoms with E-state index in [4.69, 9.17) is 9.47 Å². The van der Waals surface area contributed by atoms with Gasteiger partial charge in [-0.15, -0.1) is 0 Å². The molecule has 1 aromatic rings. The fourth-order valence-electron chi connectivity index (χ4n) is 1.35. The van der Waals surface area contributed by atoms with Crippen LogP contribution in [0.15, 0.2) is 24.3 Å². The van der Waals surface area contributed by atoms with E-state index in [1.165, 1.54) is 0 Å². The van der Waals surface area contributed by atoms with Crippen LogP contribution in [0.25, 0.3) is 0 Å². The first kappa shape index (κ1) is 15.4. The summed E-state index contributed by atoms with van der Waals surface area (Å²) in [5, 5.41) is 2.86. The topological polar surface area (TPSA) is 47.6 Å². The van der Waals surface area contributed by atoms with Crippen LogP contribution in [0.3, 0.4) is 0 Å². The van der Waals surface area contributed by atoms with E-state index < -0.39 is 0 Å². The average Bonchev–Trinajstić information content (AvgIpc) is 2.37. The van der Waals surface area contributed by atoms with E-state index in [0.717, 1.165) is 9.99 Å². The summed E-state index contributed by atoms with van der Waals surface area (Å²) < 4.78 is 11.2. The molecule has 1 aromatic carbocycles. The largest absolute Gasteiger partial charge is 0.382 e. The zero-order valence-corrected chi connectivity index (χ0v) is 12.6. The number of carbonyl (C=O) groups excluding carboxylic acids is 1. The fraction of sp³-hybridized carbons (Fsp3) is 0.462. The van der Waals surface area contributed by atoms with E-state index in [0.29, 0.717) is 31.9 Å². The van der Waals surface area contributed by atoms with Gasteiger partial charge in [-0.2, -0.15) is 0 Å². The standard InChI is InChI=1S/C13H18INO3/c1-17-8-9-18-7-3-6-15-13(16)11-4-2-5-12(14)10-11/h2,4-5,10H,3,6-9H2,1H3,(H,15,16). The number of rotatable bonds is 8. The first-order valence-electron chi connectivity index (χ1n) is 5.84. The molecule has 0 atom stereocenters. The molecular formula is C13H18INO3. The van der Waals surface area contributed by atoms with E-state index >= 15 is 0 Å². The molecule has 0 spiro atoms. The number of halogens is 1. The van der Waals surface area contributed by atoms with E-state index in [1.807, 2.05) is 24.3 Å². The van der Waals surface area contributed by atoms with Crippen molar-refractivity contribution in [1.29, 1.82) is 0 Å². The summed E-state index contributed by atoms with van der Waals surface area (Å²) in [6, 6.07) is 7.52. The molecule has 5 heteroatoms. The van der Waals surface area contributed by atoms with Crippen LogP contribution in [0.1, 0.15) is 16.8 Å². The van der Waals surface area contributed by atoms with Crippen LogP contribution in [-0.2, 0) is 9.47 Å². The van der Waals surface area contributed by atoms with E-state index in [2.05, 4.69) is 27.9 Å². The maximum atomic E-state index is 11.8. The molecule has 0 fully saturated rings. The Morgan fingerprint density at radius 1 is 1.33 bits per heavy atom. The van der Waals surface area contributed by atoms with Gasteiger partial charge in [0, 0.05) is 29.4 Å². The summed E-state index contributed by atoms with van der Waals surface area (Å²) in [5.74, 6) is -0.0367. The van der Waals surface area contributed by atoms with E-state index in [9.17, 15) is 4.79 Å². The summed E-state index contributed by atoms with van der Waals surface area (Å²) in [5.41, 5.74) is 0.696. The third kappa shape index (κ3) is 6.32. The van der Waals surface area contributed by atoms with Crippen molar-refractivity contribution >= 4 is 28.5 Å². The molecule has 1 amide bonds. The second kappa shape index (κ2) is 9.29. The molecule has 0 unspecified atom stereocenters. The van der Waals surface area contributed by atoms with Gasteiger partial charge in [0.25, 0.3) is 5.91 Å². The molecule has 18 heavy (non-hydrogen) atoms. The Kier molecular flexibility index (Phi) is 7.95. The molecule has 0 aromatic heterocycles. The number of hydrogen-bond acceptors (Lipinski definition) is 3. The van der Waals surface area contributed by atoms with Crippen molar-refractivity contribution in [3.05, 3.63) is 33.4 Å². The molecule has 0 heterocycles. The summed E-state index contributed by atoms with van der Waals surface area (Å²) >= 11 is 2.19. The van der Waals surface area contributed by atoms with E-state index in [-0.39, 0.29) is 5.91 Å². The monoisotopic (exact) mass is 363 g/mol. The predicted octanol–water partition coefficient (Wildman–Crippen LogP) is 2.07. The Morgan fingerprint density at radius 3 is 2.89 bits per heavy atom. The zero-order valence-electron chi connectivity index (χ0n) is 10.4. The molecular weight excluding hydrogens is 345 g/mol. The number of nitrogens with one attached hydrogen (secondary N) is 1. The second-order valence-electron chi connectivity index (χ2n) is 3.72. The Morgan fingerprint density at radius 2 is 2.17 bits per heavy atom. The second-order valence-corrected chi connectivity index (χ2v) is 4.97. The van der Waals surface area contributed by atoms with Crippen molar-refractivity contribution in [2.75, 3.05) is 33.5 Å². The van der Waals surface area contributed by atoms with Gasteiger partial charge in [0.2, 0.25) is 0 Å². The van der Waals surface area contributed by atoms with Gasteiger partial charge in [-0.05, 0) is 47.2 Å². The number of methoxy groups -OCH3 is 1. The quantitative estimate of drug-likeness (QED) is 0.568. The van der Waals surface area contributed by atoms with Crippen LogP contribution < -0.4 is 5.32 Å². The van der Waals surface area contributed by atoms with Crippen molar-refractivity contribution in [2.45, 2.75) is 6.42 Å². The van der Waals surface area contributed by atoms with Gasteiger partial charge in [-0.25, -0.2) is 0 Å². The lowest BCUT2D eigenvalue weighted by atomic mass is 10.2. The molecule has 0 radical (unpaired) electrons. The first-order chi connectivity index (χ1) is 8.74. The fourth-order valence-corrected chi connectivity index (χ4v) is 1.90. The minimum atomic E-state index is -0.0367. The zero-order chi connectivity index (χ0) is 13.2. The highest BCUT2D eigenvalue weighted by Crippen LogP contribution is 2.07.